The predicted octanol–water partition coefficient (Wildman–Crippen LogP) is 3.41. The first-order valence-corrected chi connectivity index (χ1v) is 6.07. The van der Waals surface area contributed by atoms with E-state index in [4.69, 9.17) is 10.00 Å². The minimum absolute atomic E-state index is 0.474. The first-order valence-electron chi connectivity index (χ1n) is 6.07. The molecule has 0 amide bonds. The lowest BCUT2D eigenvalue weighted by molar-refractivity contribution is -0.138. The third kappa shape index (κ3) is 2.99. The van der Waals surface area contributed by atoms with Crippen LogP contribution in [0.4, 0.5) is 13.2 Å². The Labute approximate surface area is 119 Å². The molecule has 0 spiro atoms. The molecule has 21 heavy (non-hydrogen) atoms. The van der Waals surface area contributed by atoms with Gasteiger partial charge in [-0.1, -0.05) is 12.1 Å². The third-order valence-corrected chi connectivity index (χ3v) is 2.90. The van der Waals surface area contributed by atoms with Crippen LogP contribution in [0.25, 0.3) is 5.69 Å². The van der Waals surface area contributed by atoms with Crippen LogP contribution in [-0.4, -0.2) is 16.4 Å². The zero-order valence-corrected chi connectivity index (χ0v) is 11.4. The highest BCUT2D eigenvalue weighted by Crippen LogP contribution is 2.37. The van der Waals surface area contributed by atoms with Gasteiger partial charge in [-0.3, -0.25) is 0 Å². The number of benzene rings is 1. The maximum atomic E-state index is 13.0. The summed E-state index contributed by atoms with van der Waals surface area (Å²) in [6.45, 7) is 3.10. The Kier molecular flexibility index (Phi) is 3.89. The number of rotatable bonds is 3. The first-order chi connectivity index (χ1) is 9.84. The van der Waals surface area contributed by atoms with Gasteiger partial charge < -0.3 is 4.74 Å². The second-order valence-electron chi connectivity index (χ2n) is 4.51. The van der Waals surface area contributed by atoms with E-state index in [2.05, 4.69) is 5.10 Å². The van der Waals surface area contributed by atoms with Gasteiger partial charge in [0.15, 0.2) is 6.61 Å². The van der Waals surface area contributed by atoms with E-state index in [0.29, 0.717) is 11.9 Å². The van der Waals surface area contributed by atoms with Crippen LogP contribution >= 0.6 is 0 Å². The summed E-state index contributed by atoms with van der Waals surface area (Å²) in [6, 6.07) is 7.00. The molecule has 0 atom stereocenters. The number of ether oxygens (including phenoxy) is 1. The lowest BCUT2D eigenvalue weighted by Gasteiger charge is -2.13. The van der Waals surface area contributed by atoms with E-state index in [9.17, 15) is 13.2 Å². The van der Waals surface area contributed by atoms with Gasteiger partial charge in [0, 0.05) is 0 Å². The number of aromatic nitrogens is 2. The lowest BCUT2D eigenvalue weighted by Crippen LogP contribution is -2.10. The zero-order chi connectivity index (χ0) is 15.6. The highest BCUT2D eigenvalue weighted by molar-refractivity contribution is 5.46. The van der Waals surface area contributed by atoms with Crippen molar-refractivity contribution < 1.29 is 17.9 Å². The topological polar surface area (TPSA) is 50.8 Å². The molecule has 4 nitrogen and oxygen atoms in total. The van der Waals surface area contributed by atoms with Crippen molar-refractivity contribution in [3.8, 4) is 17.6 Å². The summed E-state index contributed by atoms with van der Waals surface area (Å²) >= 11 is 0. The van der Waals surface area contributed by atoms with Crippen molar-refractivity contribution in [3.63, 3.8) is 0 Å². The minimum atomic E-state index is -4.60. The van der Waals surface area contributed by atoms with Crippen LogP contribution in [-0.2, 0) is 6.18 Å². The zero-order valence-electron chi connectivity index (χ0n) is 11.4. The fraction of sp³-hybridized carbons (Fsp3) is 0.286. The van der Waals surface area contributed by atoms with Gasteiger partial charge in [0.25, 0.3) is 0 Å². The maximum absolute atomic E-state index is 13.0. The van der Waals surface area contributed by atoms with Crippen molar-refractivity contribution in [2.24, 2.45) is 0 Å². The van der Waals surface area contributed by atoms with Crippen LogP contribution in [0.15, 0.2) is 24.4 Å². The van der Waals surface area contributed by atoms with E-state index >= 15 is 0 Å². The van der Waals surface area contributed by atoms with Gasteiger partial charge in [0.05, 0.1) is 11.9 Å². The average molecular weight is 295 g/mol. The summed E-state index contributed by atoms with van der Waals surface area (Å²) in [5.41, 5.74) is 1.11. The van der Waals surface area contributed by atoms with E-state index in [1.807, 2.05) is 13.0 Å². The summed E-state index contributed by atoms with van der Waals surface area (Å²) in [7, 11) is 0. The monoisotopic (exact) mass is 295 g/mol. The fourth-order valence-corrected chi connectivity index (χ4v) is 1.89. The Morgan fingerprint density at radius 3 is 2.67 bits per heavy atom. The van der Waals surface area contributed by atoms with Gasteiger partial charge in [-0.2, -0.15) is 23.5 Å². The van der Waals surface area contributed by atoms with Gasteiger partial charge in [0.1, 0.15) is 11.6 Å². The van der Waals surface area contributed by atoms with Crippen LogP contribution in [0, 0.1) is 25.2 Å². The highest BCUT2D eigenvalue weighted by atomic mass is 19.4. The van der Waals surface area contributed by atoms with Crippen LogP contribution in [0.1, 0.15) is 16.7 Å². The molecule has 0 aliphatic carbocycles. The van der Waals surface area contributed by atoms with E-state index in [-0.39, 0.29) is 0 Å². The Bertz CT molecular complexity index is 698. The summed E-state index contributed by atoms with van der Waals surface area (Å²) in [4.78, 5) is 0. The van der Waals surface area contributed by atoms with Crippen molar-refractivity contribution >= 4 is 0 Å². The van der Waals surface area contributed by atoms with Crippen LogP contribution in [0.2, 0.25) is 0 Å². The molecular formula is C14H12F3N3O. The molecule has 1 heterocycles. The van der Waals surface area contributed by atoms with Gasteiger partial charge in [0.2, 0.25) is 5.88 Å². The third-order valence-electron chi connectivity index (χ3n) is 2.90. The maximum Gasteiger partial charge on any atom is 0.423 e. The number of nitriles is 1. The molecule has 1 aromatic heterocycles. The standard InChI is InChI=1S/C14H12F3N3O/c1-9-3-4-10(2)12(7-9)20-13(21-6-5-18)11(8-19-20)14(15,16)17/h3-4,7-8H,6H2,1-2H3. The molecule has 0 bridgehead atoms. The second kappa shape index (κ2) is 5.48. The van der Waals surface area contributed by atoms with Crippen molar-refractivity contribution in [1.82, 2.24) is 9.78 Å². The molecule has 0 N–H and O–H groups in total. The molecule has 0 unspecified atom stereocenters. The minimum Gasteiger partial charge on any atom is -0.462 e. The number of hydrogen-bond acceptors (Lipinski definition) is 3. The van der Waals surface area contributed by atoms with Crippen LogP contribution < -0.4 is 4.74 Å². The number of hydrogen-bond donors (Lipinski definition) is 0. The number of alkyl halides is 3. The Morgan fingerprint density at radius 2 is 2.05 bits per heavy atom. The van der Waals surface area contributed by atoms with Gasteiger partial charge >= 0.3 is 6.18 Å². The normalized spacial score (nSPS) is 11.2. The van der Waals surface area contributed by atoms with Gasteiger partial charge in [-0.25, -0.2) is 4.68 Å². The molecule has 0 fully saturated rings. The highest BCUT2D eigenvalue weighted by Gasteiger charge is 2.38. The van der Waals surface area contributed by atoms with Crippen molar-refractivity contribution in [2.45, 2.75) is 20.0 Å². The predicted molar refractivity (Wildman–Crippen MR) is 69.1 cm³/mol. The SMILES string of the molecule is Cc1ccc(C)c(-n2ncc(C(F)(F)F)c2OCC#N)c1. The van der Waals surface area contributed by atoms with Crippen molar-refractivity contribution in [2.75, 3.05) is 6.61 Å². The van der Waals surface area contributed by atoms with E-state index in [0.717, 1.165) is 15.8 Å². The molecule has 2 rings (SSSR count). The molecule has 0 radical (unpaired) electrons. The summed E-state index contributed by atoms with van der Waals surface area (Å²) in [6.07, 6.45) is -3.89. The van der Waals surface area contributed by atoms with Gasteiger partial charge in [-0.05, 0) is 31.0 Å². The molecule has 1 aromatic carbocycles. The molecule has 2 aromatic rings. The molecule has 0 saturated heterocycles. The number of nitrogens with zero attached hydrogens (tertiary/aromatic N) is 3. The van der Waals surface area contributed by atoms with Crippen LogP contribution in [0.3, 0.4) is 0 Å². The first kappa shape index (κ1) is 14.9. The Morgan fingerprint density at radius 1 is 1.33 bits per heavy atom. The lowest BCUT2D eigenvalue weighted by atomic mass is 10.1. The van der Waals surface area contributed by atoms with E-state index in [1.165, 1.54) is 0 Å². The number of halogens is 3. The molecule has 0 aliphatic rings. The van der Waals surface area contributed by atoms with Crippen LogP contribution in [0.5, 0.6) is 5.88 Å². The summed E-state index contributed by atoms with van der Waals surface area (Å²) in [5, 5.41) is 12.3. The second-order valence-corrected chi connectivity index (χ2v) is 4.51. The fourth-order valence-electron chi connectivity index (χ4n) is 1.89. The van der Waals surface area contributed by atoms with E-state index in [1.54, 1.807) is 25.1 Å². The average Bonchev–Trinajstić information content (AvgIpc) is 2.82. The molecule has 0 saturated carbocycles. The number of aryl methyl sites for hydroxylation is 2. The molecular weight excluding hydrogens is 283 g/mol. The van der Waals surface area contributed by atoms with Crippen molar-refractivity contribution in [1.29, 1.82) is 5.26 Å². The summed E-state index contributed by atoms with van der Waals surface area (Å²) in [5.74, 6) is -0.474. The molecule has 0 aliphatic heterocycles. The molecule has 110 valence electrons. The van der Waals surface area contributed by atoms with E-state index < -0.39 is 24.2 Å². The van der Waals surface area contributed by atoms with Gasteiger partial charge in [-0.15, -0.1) is 0 Å². The smallest absolute Gasteiger partial charge is 0.423 e. The molecule has 7 heteroatoms. The Hall–Kier alpha value is -2.49. The van der Waals surface area contributed by atoms with Crippen molar-refractivity contribution in [3.05, 3.63) is 41.1 Å². The largest absolute Gasteiger partial charge is 0.462 e. The quantitative estimate of drug-likeness (QED) is 0.872. The summed E-state index contributed by atoms with van der Waals surface area (Å²) < 4.78 is 44.9. The Balaban J connectivity index is 2.61.